The third-order valence-corrected chi connectivity index (χ3v) is 9.95. The van der Waals surface area contributed by atoms with E-state index in [0.29, 0.717) is 0 Å². The van der Waals surface area contributed by atoms with E-state index in [9.17, 15) is 0 Å². The molecule has 0 saturated carbocycles. The molecule has 0 saturated heterocycles. The van der Waals surface area contributed by atoms with Crippen molar-refractivity contribution in [3.05, 3.63) is 164 Å². The number of benzene rings is 8. The Bertz CT molecular complexity index is 2480. The zero-order valence-corrected chi connectivity index (χ0v) is 24.8. The van der Waals surface area contributed by atoms with Gasteiger partial charge >= 0.3 is 0 Å². The minimum Gasteiger partial charge on any atom is -0.310 e. The molecule has 1 aromatic heterocycles. The Balaban J connectivity index is 1.28. The standard InChI is InChI=1S/C42H27NS/c1-2-9-28(10-3-1)29-19-22-33(23-20-29)43(40-15-8-12-30-11-4-5-13-35(30)40)34-24-21-31-17-18-32-25-42-39(27-38(32)37(31)26-34)36-14-6-7-16-41(36)44-42/h1-27H. The summed E-state index contributed by atoms with van der Waals surface area (Å²) in [4.78, 5) is 2.41. The summed E-state index contributed by atoms with van der Waals surface area (Å²) in [5, 5.41) is 10.2. The van der Waals surface area contributed by atoms with Crippen molar-refractivity contribution < 1.29 is 0 Å². The third-order valence-electron chi connectivity index (χ3n) is 8.82. The van der Waals surface area contributed by atoms with Gasteiger partial charge in [-0.3, -0.25) is 0 Å². The topological polar surface area (TPSA) is 3.24 Å². The van der Waals surface area contributed by atoms with Crippen LogP contribution in [0.4, 0.5) is 17.1 Å². The van der Waals surface area contributed by atoms with Crippen LogP contribution in [0.3, 0.4) is 0 Å². The molecule has 0 atom stereocenters. The van der Waals surface area contributed by atoms with Crippen molar-refractivity contribution in [1.82, 2.24) is 0 Å². The first-order valence-corrected chi connectivity index (χ1v) is 15.8. The van der Waals surface area contributed by atoms with Crippen LogP contribution in [0.1, 0.15) is 0 Å². The maximum absolute atomic E-state index is 2.41. The lowest BCUT2D eigenvalue weighted by atomic mass is 9.98. The third kappa shape index (κ3) is 4.07. The minimum absolute atomic E-state index is 1.13. The number of rotatable bonds is 4. The van der Waals surface area contributed by atoms with E-state index in [4.69, 9.17) is 0 Å². The highest BCUT2D eigenvalue weighted by Gasteiger charge is 2.17. The van der Waals surface area contributed by atoms with Crippen LogP contribution in [-0.4, -0.2) is 0 Å². The summed E-state index contributed by atoms with van der Waals surface area (Å²) in [5.41, 5.74) is 5.88. The normalized spacial score (nSPS) is 11.6. The van der Waals surface area contributed by atoms with Gasteiger partial charge in [-0.1, -0.05) is 115 Å². The lowest BCUT2D eigenvalue weighted by Gasteiger charge is -2.27. The largest absolute Gasteiger partial charge is 0.310 e. The maximum Gasteiger partial charge on any atom is 0.0540 e. The van der Waals surface area contributed by atoms with Crippen molar-refractivity contribution in [2.45, 2.75) is 0 Å². The van der Waals surface area contributed by atoms with Crippen molar-refractivity contribution in [3.63, 3.8) is 0 Å². The second kappa shape index (κ2) is 10.1. The van der Waals surface area contributed by atoms with E-state index in [1.807, 2.05) is 11.3 Å². The second-order valence-corrected chi connectivity index (χ2v) is 12.5. The molecule has 0 fully saturated rings. The van der Waals surface area contributed by atoms with E-state index in [0.717, 1.165) is 11.4 Å². The minimum atomic E-state index is 1.13. The Labute approximate surface area is 259 Å². The van der Waals surface area contributed by atoms with Crippen molar-refractivity contribution in [2.24, 2.45) is 0 Å². The fourth-order valence-corrected chi connectivity index (χ4v) is 7.80. The molecule has 0 unspecified atom stereocenters. The van der Waals surface area contributed by atoms with Crippen LogP contribution in [-0.2, 0) is 0 Å². The lowest BCUT2D eigenvalue weighted by Crippen LogP contribution is -2.10. The highest BCUT2D eigenvalue weighted by molar-refractivity contribution is 7.25. The van der Waals surface area contributed by atoms with Crippen LogP contribution >= 0.6 is 11.3 Å². The summed E-state index contributed by atoms with van der Waals surface area (Å²) >= 11 is 1.88. The van der Waals surface area contributed by atoms with Crippen molar-refractivity contribution >= 4 is 80.9 Å². The molecule has 0 bridgehead atoms. The van der Waals surface area contributed by atoms with E-state index in [-0.39, 0.29) is 0 Å². The first-order valence-electron chi connectivity index (χ1n) is 15.0. The van der Waals surface area contributed by atoms with Crippen LogP contribution in [0.2, 0.25) is 0 Å². The van der Waals surface area contributed by atoms with Gasteiger partial charge in [-0.2, -0.15) is 0 Å². The molecule has 0 amide bonds. The van der Waals surface area contributed by atoms with Gasteiger partial charge in [-0.05, 0) is 86.6 Å². The van der Waals surface area contributed by atoms with Gasteiger partial charge in [-0.25, -0.2) is 0 Å². The number of hydrogen-bond acceptors (Lipinski definition) is 2. The van der Waals surface area contributed by atoms with Gasteiger partial charge in [-0.15, -0.1) is 11.3 Å². The molecular formula is C42H27NS. The molecule has 44 heavy (non-hydrogen) atoms. The predicted molar refractivity (Wildman–Crippen MR) is 192 cm³/mol. The Morgan fingerprint density at radius 1 is 0.341 bits per heavy atom. The fourth-order valence-electron chi connectivity index (χ4n) is 6.66. The molecule has 1 nitrogen and oxygen atoms in total. The van der Waals surface area contributed by atoms with Gasteiger partial charge in [0.05, 0.1) is 5.69 Å². The Hall–Kier alpha value is -5.44. The summed E-state index contributed by atoms with van der Waals surface area (Å²) in [7, 11) is 0. The summed E-state index contributed by atoms with van der Waals surface area (Å²) in [6.45, 7) is 0. The molecule has 0 radical (unpaired) electrons. The predicted octanol–water partition coefficient (Wildman–Crippen LogP) is 12.7. The van der Waals surface area contributed by atoms with Gasteiger partial charge < -0.3 is 4.90 Å². The van der Waals surface area contributed by atoms with Crippen LogP contribution in [0, 0.1) is 0 Å². The Morgan fingerprint density at radius 2 is 0.977 bits per heavy atom. The van der Waals surface area contributed by atoms with Crippen molar-refractivity contribution in [1.29, 1.82) is 0 Å². The first kappa shape index (κ1) is 25.1. The molecule has 206 valence electrons. The number of fused-ring (bicyclic) bond motifs is 7. The van der Waals surface area contributed by atoms with E-state index in [2.05, 4.69) is 169 Å². The Kier molecular flexibility index (Phi) is 5.75. The van der Waals surface area contributed by atoms with E-state index in [1.54, 1.807) is 0 Å². The quantitative estimate of drug-likeness (QED) is 0.188. The zero-order chi connectivity index (χ0) is 29.0. The summed E-state index contributed by atoms with van der Waals surface area (Å²) in [5.74, 6) is 0. The maximum atomic E-state index is 2.41. The van der Waals surface area contributed by atoms with Gasteiger partial charge in [0.2, 0.25) is 0 Å². The van der Waals surface area contributed by atoms with E-state index >= 15 is 0 Å². The van der Waals surface area contributed by atoms with Crippen molar-refractivity contribution in [2.75, 3.05) is 4.90 Å². The fraction of sp³-hybridized carbons (Fsp3) is 0. The van der Waals surface area contributed by atoms with Crippen LogP contribution < -0.4 is 4.90 Å². The average Bonchev–Trinajstić information content (AvgIpc) is 3.46. The molecule has 0 aliphatic rings. The van der Waals surface area contributed by atoms with E-state index in [1.165, 1.54) is 69.3 Å². The molecule has 2 heteroatoms. The van der Waals surface area contributed by atoms with Crippen LogP contribution in [0.5, 0.6) is 0 Å². The molecule has 1 heterocycles. The smallest absolute Gasteiger partial charge is 0.0540 e. The molecule has 9 aromatic rings. The van der Waals surface area contributed by atoms with Crippen molar-refractivity contribution in [3.8, 4) is 11.1 Å². The van der Waals surface area contributed by atoms with Gasteiger partial charge in [0, 0.05) is 36.9 Å². The molecule has 8 aromatic carbocycles. The van der Waals surface area contributed by atoms with Gasteiger partial charge in [0.15, 0.2) is 0 Å². The van der Waals surface area contributed by atoms with Gasteiger partial charge in [0.25, 0.3) is 0 Å². The highest BCUT2D eigenvalue weighted by Crippen LogP contribution is 2.43. The van der Waals surface area contributed by atoms with E-state index < -0.39 is 0 Å². The van der Waals surface area contributed by atoms with Gasteiger partial charge in [0.1, 0.15) is 0 Å². The molecule has 0 spiro atoms. The zero-order valence-electron chi connectivity index (χ0n) is 23.9. The Morgan fingerprint density at radius 3 is 1.86 bits per heavy atom. The number of thiophene rings is 1. The average molecular weight is 578 g/mol. The lowest BCUT2D eigenvalue weighted by molar-refractivity contribution is 1.30. The van der Waals surface area contributed by atoms with Crippen LogP contribution in [0.15, 0.2) is 164 Å². The number of nitrogens with zero attached hydrogens (tertiary/aromatic N) is 1. The second-order valence-electron chi connectivity index (χ2n) is 11.4. The molecule has 0 N–H and O–H groups in total. The highest BCUT2D eigenvalue weighted by atomic mass is 32.1. The molecular weight excluding hydrogens is 551 g/mol. The first-order chi connectivity index (χ1) is 21.8. The molecule has 0 aliphatic heterocycles. The number of hydrogen-bond donors (Lipinski definition) is 0. The summed E-state index contributed by atoms with van der Waals surface area (Å²) in [6.07, 6.45) is 0. The SMILES string of the molecule is c1ccc(-c2ccc(N(c3ccc4ccc5cc6sc7ccccc7c6cc5c4c3)c3cccc4ccccc34)cc2)cc1. The monoisotopic (exact) mass is 577 g/mol. The number of anilines is 3. The van der Waals surface area contributed by atoms with Crippen LogP contribution in [0.25, 0.3) is 63.6 Å². The molecule has 0 aliphatic carbocycles. The summed E-state index contributed by atoms with van der Waals surface area (Å²) < 4.78 is 2.67. The molecule has 9 rings (SSSR count). The summed E-state index contributed by atoms with van der Waals surface area (Å²) in [6, 6.07) is 59.8.